The number of nitrogens with one attached hydrogen (secondary N) is 1. The second kappa shape index (κ2) is 15.9. The smallest absolute Gasteiger partial charge is 0.410 e. The van der Waals surface area contributed by atoms with E-state index >= 15 is 0 Å². The fraction of sp³-hybridized carbons (Fsp3) is 0.486. The summed E-state index contributed by atoms with van der Waals surface area (Å²) in [6.07, 6.45) is 8.98. The molecule has 3 heterocycles. The van der Waals surface area contributed by atoms with Crippen LogP contribution in [0.15, 0.2) is 49.1 Å². The van der Waals surface area contributed by atoms with Gasteiger partial charge in [0.15, 0.2) is 23.5 Å². The Hall–Kier alpha value is -4.95. The van der Waals surface area contributed by atoms with Crippen molar-refractivity contribution in [2.24, 2.45) is 0 Å². The molecule has 1 N–H and O–H groups in total. The topological polar surface area (TPSA) is 148 Å². The van der Waals surface area contributed by atoms with Crippen molar-refractivity contribution in [1.29, 1.82) is 0 Å². The lowest BCUT2D eigenvalue weighted by atomic mass is 10.1. The predicted octanol–water partition coefficient (Wildman–Crippen LogP) is 6.40. The third-order valence-electron chi connectivity index (χ3n) is 8.19. The Morgan fingerprint density at radius 2 is 1.88 bits per heavy atom. The number of carbonyl (C=O) groups excluding carboxylic acids is 2. The zero-order valence-electron chi connectivity index (χ0n) is 29.8. The molecule has 0 radical (unpaired) electrons. The van der Waals surface area contributed by atoms with E-state index in [1.165, 1.54) is 17.2 Å². The van der Waals surface area contributed by atoms with Gasteiger partial charge in [-0.2, -0.15) is 5.10 Å². The minimum atomic E-state index is -0.580. The number of aromatic nitrogens is 4. The molecule has 1 unspecified atom stereocenters. The van der Waals surface area contributed by atoms with Crippen LogP contribution in [0, 0.1) is 6.92 Å². The van der Waals surface area contributed by atoms with E-state index in [4.69, 9.17) is 28.4 Å². The highest BCUT2D eigenvalue weighted by molar-refractivity contribution is 5.90. The second-order valence-electron chi connectivity index (χ2n) is 13.8. The second-order valence-corrected chi connectivity index (χ2v) is 13.8. The Balaban J connectivity index is 1.06. The van der Waals surface area contributed by atoms with E-state index < -0.39 is 5.60 Å². The number of anilines is 1. The number of fused-ring (bicyclic) bond motifs is 1. The first-order valence-corrected chi connectivity index (χ1v) is 17.3. The molecule has 2 fully saturated rings. The molecule has 14 nitrogen and oxygen atoms in total. The van der Waals surface area contributed by atoms with E-state index in [0.29, 0.717) is 59.5 Å². The van der Waals surface area contributed by atoms with Gasteiger partial charge >= 0.3 is 6.09 Å². The number of hydrogen-bond acceptors (Lipinski definition) is 11. The molecule has 1 atom stereocenters. The average molecular weight is 703 g/mol. The molecule has 272 valence electrons. The molecule has 51 heavy (non-hydrogen) atoms. The molecule has 4 aromatic rings. The van der Waals surface area contributed by atoms with Crippen molar-refractivity contribution in [2.45, 2.75) is 90.8 Å². The van der Waals surface area contributed by atoms with Gasteiger partial charge in [-0.3, -0.25) is 9.48 Å². The molecule has 1 saturated heterocycles. The molecule has 2 amide bonds. The zero-order valence-corrected chi connectivity index (χ0v) is 29.8. The number of benzene rings is 2. The Morgan fingerprint density at radius 1 is 1.04 bits per heavy atom. The zero-order chi connectivity index (χ0) is 36.0. The molecule has 1 aliphatic heterocycles. The molecule has 1 saturated carbocycles. The third-order valence-corrected chi connectivity index (χ3v) is 8.19. The van der Waals surface area contributed by atoms with E-state index in [1.807, 2.05) is 45.9 Å². The molecule has 0 bridgehead atoms. The Bertz CT molecular complexity index is 1830. The van der Waals surface area contributed by atoms with Crippen molar-refractivity contribution in [3.63, 3.8) is 0 Å². The van der Waals surface area contributed by atoms with Crippen LogP contribution in [0.2, 0.25) is 0 Å². The van der Waals surface area contributed by atoms with Crippen molar-refractivity contribution in [1.82, 2.24) is 24.6 Å². The van der Waals surface area contributed by atoms with Crippen molar-refractivity contribution in [3.8, 4) is 23.1 Å². The van der Waals surface area contributed by atoms with E-state index in [9.17, 15) is 9.59 Å². The van der Waals surface area contributed by atoms with E-state index in [0.717, 1.165) is 49.8 Å². The Kier molecular flexibility index (Phi) is 11.2. The van der Waals surface area contributed by atoms with Gasteiger partial charge in [-0.1, -0.05) is 6.07 Å². The molecule has 2 aromatic heterocycles. The first kappa shape index (κ1) is 35.9. The van der Waals surface area contributed by atoms with Crippen LogP contribution in [0.4, 0.5) is 10.5 Å². The van der Waals surface area contributed by atoms with Gasteiger partial charge in [-0.05, 0) is 89.1 Å². The summed E-state index contributed by atoms with van der Waals surface area (Å²) in [5.74, 6) is 1.43. The molecule has 6 rings (SSSR count). The van der Waals surface area contributed by atoms with Crippen molar-refractivity contribution in [3.05, 3.63) is 60.2 Å². The van der Waals surface area contributed by atoms with Crippen molar-refractivity contribution in [2.75, 3.05) is 32.2 Å². The average Bonchev–Trinajstić information content (AvgIpc) is 3.83. The van der Waals surface area contributed by atoms with Crippen LogP contribution in [0.25, 0.3) is 10.9 Å². The van der Waals surface area contributed by atoms with Gasteiger partial charge in [0.25, 0.3) is 0 Å². The van der Waals surface area contributed by atoms with Crippen LogP contribution in [0.1, 0.15) is 64.0 Å². The molecule has 2 aromatic carbocycles. The normalized spacial score (nSPS) is 16.1. The van der Waals surface area contributed by atoms with Gasteiger partial charge < -0.3 is 38.6 Å². The number of carbonyl (C=O) groups is 2. The summed E-state index contributed by atoms with van der Waals surface area (Å²) in [6, 6.07) is 9.48. The first-order chi connectivity index (χ1) is 24.5. The van der Waals surface area contributed by atoms with Crippen LogP contribution < -0.4 is 19.5 Å². The molecule has 14 heteroatoms. The number of aryl methyl sites for hydroxylation is 1. The molecule has 0 spiro atoms. The standard InChI is InChI=1S/C37H46N6O8/c1-24-14-25(20-43(27-9-10-27)36(45)51-37(2,3)4)16-26(15-24)41-33(44)22-42-21-28(19-40-42)50-35-29-17-31(46-5)32(18-30(29)38-23-39-35)47-12-13-49-34-8-6-7-11-48-34/h14-19,21,23,27,34H,6-13,20,22H2,1-5H3,(H,41,44). The predicted molar refractivity (Wildman–Crippen MR) is 188 cm³/mol. The summed E-state index contributed by atoms with van der Waals surface area (Å²) >= 11 is 0. The maximum absolute atomic E-state index is 13.1. The summed E-state index contributed by atoms with van der Waals surface area (Å²) in [6.45, 7) is 9.31. The number of rotatable bonds is 14. The summed E-state index contributed by atoms with van der Waals surface area (Å²) in [7, 11) is 1.56. The lowest BCUT2D eigenvalue weighted by Gasteiger charge is -2.27. The monoisotopic (exact) mass is 702 g/mol. The SMILES string of the molecule is COc1cc2c(Oc3cnn(CC(=O)Nc4cc(C)cc(CN(C(=O)OC(C)(C)C)C5CC5)c4)c3)ncnc2cc1OCCOC1CCCCO1. The number of methoxy groups -OCH3 is 1. The largest absolute Gasteiger partial charge is 0.493 e. The highest BCUT2D eigenvalue weighted by atomic mass is 16.7. The van der Waals surface area contributed by atoms with Crippen molar-refractivity contribution >= 4 is 28.6 Å². The van der Waals surface area contributed by atoms with Crippen LogP contribution in [0.3, 0.4) is 0 Å². The highest BCUT2D eigenvalue weighted by Gasteiger charge is 2.35. The van der Waals surface area contributed by atoms with Crippen LogP contribution in [-0.4, -0.2) is 81.5 Å². The van der Waals surface area contributed by atoms with E-state index in [2.05, 4.69) is 20.4 Å². The summed E-state index contributed by atoms with van der Waals surface area (Å²) in [5.41, 5.74) is 2.52. The van der Waals surface area contributed by atoms with E-state index in [1.54, 1.807) is 30.3 Å². The van der Waals surface area contributed by atoms with Crippen molar-refractivity contribution < 1.29 is 38.0 Å². The Labute approximate surface area is 297 Å². The third kappa shape index (κ3) is 10.1. The summed E-state index contributed by atoms with van der Waals surface area (Å²) in [5, 5.41) is 7.88. The number of ether oxygens (including phenoxy) is 6. The van der Waals surface area contributed by atoms with Crippen LogP contribution in [-0.2, 0) is 32.1 Å². The van der Waals surface area contributed by atoms with Gasteiger partial charge in [0.2, 0.25) is 11.8 Å². The fourth-order valence-electron chi connectivity index (χ4n) is 5.78. The lowest BCUT2D eigenvalue weighted by Crippen LogP contribution is -2.37. The number of nitrogens with zero attached hydrogens (tertiary/aromatic N) is 5. The first-order valence-electron chi connectivity index (χ1n) is 17.3. The summed E-state index contributed by atoms with van der Waals surface area (Å²) < 4.78 is 36.1. The lowest BCUT2D eigenvalue weighted by molar-refractivity contribution is -0.165. The Morgan fingerprint density at radius 3 is 2.63 bits per heavy atom. The summed E-state index contributed by atoms with van der Waals surface area (Å²) in [4.78, 5) is 36.5. The quantitative estimate of drug-likeness (QED) is 0.146. The van der Waals surface area contributed by atoms with Gasteiger partial charge in [0, 0.05) is 30.9 Å². The number of hydrogen-bond donors (Lipinski definition) is 1. The number of amides is 2. The van der Waals surface area contributed by atoms with Crippen LogP contribution >= 0.6 is 0 Å². The van der Waals surface area contributed by atoms with Crippen LogP contribution in [0.5, 0.6) is 23.1 Å². The van der Waals surface area contributed by atoms with Gasteiger partial charge in [-0.25, -0.2) is 14.8 Å². The maximum Gasteiger partial charge on any atom is 0.410 e. The van der Waals surface area contributed by atoms with Gasteiger partial charge in [0.05, 0.1) is 37.0 Å². The fourth-order valence-corrected chi connectivity index (χ4v) is 5.78. The van der Waals surface area contributed by atoms with E-state index in [-0.39, 0.29) is 30.9 Å². The minimum absolute atomic E-state index is 0.0472. The highest BCUT2D eigenvalue weighted by Crippen LogP contribution is 2.36. The van der Waals surface area contributed by atoms with Gasteiger partial charge in [0.1, 0.15) is 25.1 Å². The minimum Gasteiger partial charge on any atom is -0.493 e. The maximum atomic E-state index is 13.1. The molecule has 1 aliphatic carbocycles. The van der Waals surface area contributed by atoms with Gasteiger partial charge in [-0.15, -0.1) is 0 Å². The molecular formula is C37H46N6O8. The molecular weight excluding hydrogens is 656 g/mol. The molecule has 2 aliphatic rings.